The Morgan fingerprint density at radius 3 is 2.80 bits per heavy atom. The number of anilines is 1. The van der Waals surface area contributed by atoms with Crippen molar-refractivity contribution in [2.75, 3.05) is 23.7 Å². The van der Waals surface area contributed by atoms with E-state index in [2.05, 4.69) is 73.7 Å². The number of pyridine rings is 1. The summed E-state index contributed by atoms with van der Waals surface area (Å²) in [5.41, 5.74) is 2.55. The molecule has 1 N–H and O–H groups in total. The second-order valence-corrected chi connectivity index (χ2v) is 8.94. The maximum atomic E-state index is 4.48. The molecule has 20 heavy (non-hydrogen) atoms. The van der Waals surface area contributed by atoms with Crippen molar-refractivity contribution >= 4 is 17.4 Å². The van der Waals surface area contributed by atoms with E-state index in [0.29, 0.717) is 4.75 Å². The molecule has 0 atom stereocenters. The van der Waals surface area contributed by atoms with E-state index in [1.54, 1.807) is 0 Å². The highest BCUT2D eigenvalue weighted by molar-refractivity contribution is 8.00. The third-order valence-electron chi connectivity index (χ3n) is 3.39. The van der Waals surface area contributed by atoms with E-state index in [4.69, 9.17) is 0 Å². The topological polar surface area (TPSA) is 28.2 Å². The van der Waals surface area contributed by atoms with Crippen LogP contribution in [0.4, 0.5) is 5.69 Å². The summed E-state index contributed by atoms with van der Waals surface area (Å²) in [6, 6.07) is 4.36. The van der Waals surface area contributed by atoms with Crippen molar-refractivity contribution in [2.24, 2.45) is 0 Å². The normalized spacial score (nSPS) is 19.1. The number of nitrogens with one attached hydrogen (secondary N) is 1. The molecule has 2 rings (SSSR count). The highest BCUT2D eigenvalue weighted by atomic mass is 32.2. The van der Waals surface area contributed by atoms with E-state index in [1.807, 2.05) is 6.20 Å². The summed E-state index contributed by atoms with van der Waals surface area (Å²) >= 11 is 2.07. The monoisotopic (exact) mass is 293 g/mol. The number of hydrogen-bond acceptors (Lipinski definition) is 4. The van der Waals surface area contributed by atoms with Crippen LogP contribution in [0.3, 0.4) is 0 Å². The first-order valence-electron chi connectivity index (χ1n) is 7.34. The minimum atomic E-state index is 0.126. The Balaban J connectivity index is 2.05. The minimum Gasteiger partial charge on any atom is -0.369 e. The van der Waals surface area contributed by atoms with Crippen LogP contribution in [0.25, 0.3) is 0 Å². The zero-order valence-corrected chi connectivity index (χ0v) is 14.2. The van der Waals surface area contributed by atoms with E-state index >= 15 is 0 Å². The maximum absolute atomic E-state index is 4.48. The fourth-order valence-electron chi connectivity index (χ4n) is 2.35. The van der Waals surface area contributed by atoms with E-state index < -0.39 is 0 Å². The van der Waals surface area contributed by atoms with Crippen LogP contribution in [0.2, 0.25) is 0 Å². The first-order valence-corrected chi connectivity index (χ1v) is 8.33. The largest absolute Gasteiger partial charge is 0.369 e. The van der Waals surface area contributed by atoms with Gasteiger partial charge >= 0.3 is 0 Å². The number of hydrogen-bond donors (Lipinski definition) is 1. The molecule has 0 aromatic carbocycles. The smallest absolute Gasteiger partial charge is 0.0562 e. The fourth-order valence-corrected chi connectivity index (χ4v) is 3.46. The molecule has 0 spiro atoms. The molecule has 1 aromatic rings. The summed E-state index contributed by atoms with van der Waals surface area (Å²) in [7, 11) is 0. The lowest BCUT2D eigenvalue weighted by atomic mass is 10.1. The molecule has 112 valence electrons. The molecule has 0 radical (unpaired) electrons. The second kappa shape index (κ2) is 5.94. The van der Waals surface area contributed by atoms with E-state index in [-0.39, 0.29) is 5.54 Å². The van der Waals surface area contributed by atoms with Gasteiger partial charge in [0.1, 0.15) is 0 Å². The average Bonchev–Trinajstić information content (AvgIpc) is 2.35. The molecule has 0 unspecified atom stereocenters. The van der Waals surface area contributed by atoms with E-state index in [9.17, 15) is 0 Å². The maximum Gasteiger partial charge on any atom is 0.0562 e. The van der Waals surface area contributed by atoms with Crippen LogP contribution in [0.5, 0.6) is 0 Å². The van der Waals surface area contributed by atoms with Gasteiger partial charge in [-0.15, -0.1) is 0 Å². The molecular weight excluding hydrogens is 266 g/mol. The summed E-state index contributed by atoms with van der Waals surface area (Å²) in [5.74, 6) is 1.20. The van der Waals surface area contributed by atoms with Gasteiger partial charge in [0.15, 0.2) is 0 Å². The summed E-state index contributed by atoms with van der Waals surface area (Å²) in [6.07, 6.45) is 1.93. The zero-order chi connectivity index (χ0) is 14.8. The molecule has 0 aliphatic carbocycles. The standard InChI is InChI=1S/C16H27N3S/c1-15(2,3)18-11-13-10-14(6-7-17-13)19-8-9-20-16(4,5)12-19/h6-7,10,18H,8-9,11-12H2,1-5H3. The van der Waals surface area contributed by atoms with Crippen molar-refractivity contribution in [1.82, 2.24) is 10.3 Å². The van der Waals surface area contributed by atoms with Gasteiger partial charge in [-0.25, -0.2) is 0 Å². The number of thioether (sulfide) groups is 1. The molecule has 1 fully saturated rings. The fraction of sp³-hybridized carbons (Fsp3) is 0.688. The Morgan fingerprint density at radius 2 is 2.15 bits per heavy atom. The number of rotatable bonds is 3. The minimum absolute atomic E-state index is 0.126. The van der Waals surface area contributed by atoms with Gasteiger partial charge in [0.2, 0.25) is 0 Å². The van der Waals surface area contributed by atoms with Gasteiger partial charge in [-0.2, -0.15) is 11.8 Å². The lowest BCUT2D eigenvalue weighted by molar-refractivity contribution is 0.421. The predicted molar refractivity (Wildman–Crippen MR) is 89.6 cm³/mol. The van der Waals surface area contributed by atoms with Crippen LogP contribution < -0.4 is 10.2 Å². The molecule has 0 amide bonds. The van der Waals surface area contributed by atoms with Crippen LogP contribution in [-0.4, -0.2) is 34.1 Å². The zero-order valence-electron chi connectivity index (χ0n) is 13.4. The Kier molecular flexibility index (Phi) is 4.65. The first kappa shape index (κ1) is 15.6. The third-order valence-corrected chi connectivity index (χ3v) is 4.69. The molecule has 1 aliphatic rings. The van der Waals surface area contributed by atoms with Crippen LogP contribution in [-0.2, 0) is 6.54 Å². The van der Waals surface area contributed by atoms with Gasteiger partial charge in [-0.3, -0.25) is 4.98 Å². The summed E-state index contributed by atoms with van der Waals surface area (Å²) < 4.78 is 0.339. The van der Waals surface area contributed by atoms with Crippen molar-refractivity contribution in [3.8, 4) is 0 Å². The van der Waals surface area contributed by atoms with Crippen molar-refractivity contribution in [1.29, 1.82) is 0 Å². The van der Waals surface area contributed by atoms with Gasteiger partial charge < -0.3 is 10.2 Å². The Labute approximate surface area is 127 Å². The Morgan fingerprint density at radius 1 is 1.40 bits per heavy atom. The summed E-state index contributed by atoms with van der Waals surface area (Å²) in [4.78, 5) is 6.96. The van der Waals surface area contributed by atoms with Crippen LogP contribution in [0, 0.1) is 0 Å². The van der Waals surface area contributed by atoms with E-state index in [1.165, 1.54) is 11.4 Å². The Bertz CT molecular complexity index is 451. The summed E-state index contributed by atoms with van der Waals surface area (Å²) in [6.45, 7) is 14.3. The third kappa shape index (κ3) is 4.67. The van der Waals surface area contributed by atoms with Crippen molar-refractivity contribution in [3.63, 3.8) is 0 Å². The molecule has 3 nitrogen and oxygen atoms in total. The van der Waals surface area contributed by atoms with Crippen molar-refractivity contribution in [3.05, 3.63) is 24.0 Å². The molecule has 0 saturated carbocycles. The molecule has 1 aromatic heterocycles. The lowest BCUT2D eigenvalue weighted by Gasteiger charge is -2.39. The quantitative estimate of drug-likeness (QED) is 0.925. The van der Waals surface area contributed by atoms with Gasteiger partial charge in [0.05, 0.1) is 5.69 Å². The highest BCUT2D eigenvalue weighted by Crippen LogP contribution is 2.32. The number of nitrogens with zero attached hydrogens (tertiary/aromatic N) is 2. The van der Waals surface area contributed by atoms with Gasteiger partial charge in [-0.1, -0.05) is 0 Å². The Hall–Kier alpha value is -0.740. The number of aromatic nitrogens is 1. The molecule has 1 aliphatic heterocycles. The first-order chi connectivity index (χ1) is 9.25. The van der Waals surface area contributed by atoms with Gasteiger partial charge in [0.25, 0.3) is 0 Å². The van der Waals surface area contributed by atoms with E-state index in [0.717, 1.165) is 25.3 Å². The average molecular weight is 293 g/mol. The van der Waals surface area contributed by atoms with Crippen LogP contribution in [0.1, 0.15) is 40.3 Å². The highest BCUT2D eigenvalue weighted by Gasteiger charge is 2.27. The van der Waals surface area contributed by atoms with Gasteiger partial charge in [-0.05, 0) is 46.8 Å². The predicted octanol–water partition coefficient (Wildman–Crippen LogP) is 3.30. The van der Waals surface area contributed by atoms with Crippen LogP contribution in [0.15, 0.2) is 18.3 Å². The molecule has 1 saturated heterocycles. The van der Waals surface area contributed by atoms with Crippen LogP contribution >= 0.6 is 11.8 Å². The van der Waals surface area contributed by atoms with Gasteiger partial charge in [0, 0.05) is 47.6 Å². The molecule has 2 heterocycles. The van der Waals surface area contributed by atoms with Crippen molar-refractivity contribution in [2.45, 2.75) is 51.4 Å². The summed E-state index contributed by atoms with van der Waals surface area (Å²) in [5, 5.41) is 3.50. The second-order valence-electron chi connectivity index (χ2n) is 7.14. The molecular formula is C16H27N3S. The van der Waals surface area contributed by atoms with Crippen molar-refractivity contribution < 1.29 is 0 Å². The molecule has 0 bridgehead atoms. The SMILES string of the molecule is CC(C)(C)NCc1cc(N2CCSC(C)(C)C2)ccn1. The lowest BCUT2D eigenvalue weighted by Crippen LogP contribution is -2.43. The molecule has 4 heteroatoms.